The fraction of sp³-hybridized carbons (Fsp3) is 0.273. The van der Waals surface area contributed by atoms with Gasteiger partial charge in [-0.3, -0.25) is 19.8 Å². The fourth-order valence-corrected chi connectivity index (χ4v) is 3.40. The molecule has 1 heterocycles. The molecule has 1 N–H and O–H groups in total. The van der Waals surface area contributed by atoms with E-state index in [-0.39, 0.29) is 29.6 Å². The van der Waals surface area contributed by atoms with Crippen molar-refractivity contribution in [3.05, 3.63) is 88.5 Å². The summed E-state index contributed by atoms with van der Waals surface area (Å²) < 4.78 is 0. The average molecular weight is 410 g/mol. The number of carbonyl (C=O) groups is 2. The summed E-state index contributed by atoms with van der Waals surface area (Å²) in [5.41, 5.74) is 1.12. The molecule has 2 aromatic carbocycles. The number of amides is 1. The molecule has 3 rings (SSSR count). The van der Waals surface area contributed by atoms with E-state index in [4.69, 9.17) is 9.78 Å². The molecular formula is C22H22N2O6. The second kappa shape index (κ2) is 9.80. The molecule has 8 heteroatoms. The molecule has 1 aliphatic rings. The molecule has 1 aliphatic heterocycles. The van der Waals surface area contributed by atoms with Crippen LogP contribution in [-0.4, -0.2) is 28.9 Å². The number of hydrogen-bond donors (Lipinski definition) is 1. The number of para-hydroxylation sites is 1. The predicted molar refractivity (Wildman–Crippen MR) is 108 cm³/mol. The van der Waals surface area contributed by atoms with Gasteiger partial charge < -0.3 is 5.32 Å². The highest BCUT2D eigenvalue weighted by Gasteiger charge is 2.44. The zero-order valence-corrected chi connectivity index (χ0v) is 16.2. The van der Waals surface area contributed by atoms with Gasteiger partial charge in [0.1, 0.15) is 6.10 Å². The Hall–Kier alpha value is -3.52. The van der Waals surface area contributed by atoms with Crippen LogP contribution in [-0.2, 0) is 32.2 Å². The van der Waals surface area contributed by atoms with Gasteiger partial charge in [0.15, 0.2) is 0 Å². The van der Waals surface area contributed by atoms with Crippen molar-refractivity contribution >= 4 is 17.6 Å². The monoisotopic (exact) mass is 410 g/mol. The lowest BCUT2D eigenvalue weighted by molar-refractivity contribution is -0.385. The van der Waals surface area contributed by atoms with Gasteiger partial charge in [0.25, 0.3) is 5.69 Å². The molecule has 0 saturated carbocycles. The smallest absolute Gasteiger partial charge is 0.346 e. The maximum Gasteiger partial charge on any atom is 0.346 e. The summed E-state index contributed by atoms with van der Waals surface area (Å²) in [7, 11) is 0. The lowest BCUT2D eigenvalue weighted by Gasteiger charge is -2.38. The fourth-order valence-electron chi connectivity index (χ4n) is 3.40. The van der Waals surface area contributed by atoms with Crippen LogP contribution in [0.25, 0.3) is 0 Å². The first-order chi connectivity index (χ1) is 14.5. The van der Waals surface area contributed by atoms with Crippen LogP contribution >= 0.6 is 0 Å². The van der Waals surface area contributed by atoms with E-state index >= 15 is 0 Å². The summed E-state index contributed by atoms with van der Waals surface area (Å²) in [6.45, 7) is 3.70. The summed E-state index contributed by atoms with van der Waals surface area (Å²) >= 11 is 0. The number of nitrogens with zero attached hydrogens (tertiary/aromatic N) is 1. The van der Waals surface area contributed by atoms with Crippen molar-refractivity contribution in [1.29, 1.82) is 0 Å². The first-order valence-electron chi connectivity index (χ1n) is 9.55. The summed E-state index contributed by atoms with van der Waals surface area (Å²) in [5.74, 6) is -1.50. The quantitative estimate of drug-likeness (QED) is 0.212. The minimum absolute atomic E-state index is 0.167. The van der Waals surface area contributed by atoms with E-state index in [9.17, 15) is 19.7 Å². The molecule has 0 radical (unpaired) electrons. The number of carbonyl (C=O) groups excluding carboxylic acids is 2. The van der Waals surface area contributed by atoms with Crippen LogP contribution in [0.2, 0.25) is 0 Å². The summed E-state index contributed by atoms with van der Waals surface area (Å²) in [5, 5.41) is 13.8. The van der Waals surface area contributed by atoms with Crippen LogP contribution in [0.4, 0.5) is 5.69 Å². The molecule has 0 spiro atoms. The lowest BCUT2D eigenvalue weighted by Crippen LogP contribution is -2.61. The molecule has 2 aromatic rings. The lowest BCUT2D eigenvalue weighted by atomic mass is 9.83. The zero-order valence-electron chi connectivity index (χ0n) is 16.2. The van der Waals surface area contributed by atoms with E-state index in [2.05, 4.69) is 11.9 Å². The number of benzene rings is 2. The largest absolute Gasteiger partial charge is 0.349 e. The number of β-lactam (4-membered cyclic amide) rings is 1. The molecule has 1 fully saturated rings. The van der Waals surface area contributed by atoms with E-state index in [1.165, 1.54) is 18.2 Å². The molecule has 0 unspecified atom stereocenters. The van der Waals surface area contributed by atoms with E-state index in [1.54, 1.807) is 12.1 Å². The highest BCUT2D eigenvalue weighted by molar-refractivity contribution is 5.87. The standard InChI is InChI=1S/C22H22N2O6/c1-2-17-21(22(26)23-17)19(13-12-15-8-4-3-5-9-15)29-30-20(25)14-16-10-6-7-11-18(16)24(27)28/h2-11,17,19,21H,1,12-14H2,(H,23,26)/t17-,19+,21+/m0/s1. The number of aryl methyl sites for hydroxylation is 1. The number of rotatable bonds is 10. The van der Waals surface area contributed by atoms with Gasteiger partial charge in [-0.1, -0.05) is 54.6 Å². The zero-order chi connectivity index (χ0) is 21.5. The molecule has 0 bridgehead atoms. The van der Waals surface area contributed by atoms with Gasteiger partial charge in [0.05, 0.1) is 23.3 Å². The Labute approximate surface area is 173 Å². The van der Waals surface area contributed by atoms with Crippen molar-refractivity contribution in [1.82, 2.24) is 5.32 Å². The van der Waals surface area contributed by atoms with Crippen molar-refractivity contribution in [2.45, 2.75) is 31.4 Å². The van der Waals surface area contributed by atoms with Crippen molar-refractivity contribution in [2.75, 3.05) is 0 Å². The van der Waals surface area contributed by atoms with Gasteiger partial charge in [0, 0.05) is 11.6 Å². The summed E-state index contributed by atoms with van der Waals surface area (Å²) in [6, 6.07) is 15.3. The van der Waals surface area contributed by atoms with Gasteiger partial charge in [-0.2, -0.15) is 4.89 Å². The first kappa shape index (κ1) is 21.2. The van der Waals surface area contributed by atoms with Gasteiger partial charge in [-0.25, -0.2) is 4.79 Å². The molecule has 8 nitrogen and oxygen atoms in total. The number of hydrogen-bond acceptors (Lipinski definition) is 6. The van der Waals surface area contributed by atoms with Crippen LogP contribution in [0.5, 0.6) is 0 Å². The normalized spacial score (nSPS) is 18.6. The van der Waals surface area contributed by atoms with Gasteiger partial charge in [-0.15, -0.1) is 6.58 Å². The third kappa shape index (κ3) is 5.09. The summed E-state index contributed by atoms with van der Waals surface area (Å²) in [4.78, 5) is 45.2. The minimum atomic E-state index is -0.774. The maximum atomic E-state index is 12.2. The second-order valence-corrected chi connectivity index (χ2v) is 6.97. The highest BCUT2D eigenvalue weighted by atomic mass is 17.2. The molecule has 0 aliphatic carbocycles. The maximum absolute atomic E-state index is 12.2. The number of nitrogens with one attached hydrogen (secondary N) is 1. The Balaban J connectivity index is 1.64. The van der Waals surface area contributed by atoms with Gasteiger partial charge >= 0.3 is 5.97 Å². The van der Waals surface area contributed by atoms with E-state index in [0.717, 1.165) is 5.56 Å². The van der Waals surface area contributed by atoms with Crippen LogP contribution in [0.15, 0.2) is 67.3 Å². The van der Waals surface area contributed by atoms with Crippen LogP contribution in [0.3, 0.4) is 0 Å². The van der Waals surface area contributed by atoms with Crippen molar-refractivity contribution in [2.24, 2.45) is 5.92 Å². The second-order valence-electron chi connectivity index (χ2n) is 6.97. The Morgan fingerprint density at radius 1 is 1.20 bits per heavy atom. The molecule has 3 atom stereocenters. The Morgan fingerprint density at radius 2 is 1.90 bits per heavy atom. The minimum Gasteiger partial charge on any atom is -0.349 e. The average Bonchev–Trinajstić information content (AvgIpc) is 2.74. The number of nitro groups is 1. The highest BCUT2D eigenvalue weighted by Crippen LogP contribution is 2.26. The Morgan fingerprint density at radius 3 is 2.57 bits per heavy atom. The Bertz CT molecular complexity index is 930. The Kier molecular flexibility index (Phi) is 6.92. The van der Waals surface area contributed by atoms with Crippen molar-refractivity contribution in [3.63, 3.8) is 0 Å². The van der Waals surface area contributed by atoms with Crippen LogP contribution in [0.1, 0.15) is 17.5 Å². The van der Waals surface area contributed by atoms with Crippen LogP contribution in [0, 0.1) is 16.0 Å². The SMILES string of the molecule is C=C[C@@H]1NC(=O)[C@H]1[C@@H](CCc1ccccc1)OOC(=O)Cc1ccccc1[N+](=O)[O-]. The van der Waals surface area contributed by atoms with E-state index < -0.39 is 22.9 Å². The molecule has 156 valence electrons. The van der Waals surface area contributed by atoms with E-state index in [0.29, 0.717) is 12.8 Å². The van der Waals surface area contributed by atoms with E-state index in [1.807, 2.05) is 30.3 Å². The summed E-state index contributed by atoms with van der Waals surface area (Å²) in [6.07, 6.45) is 1.70. The van der Waals surface area contributed by atoms with Crippen LogP contribution < -0.4 is 5.32 Å². The van der Waals surface area contributed by atoms with Crippen molar-refractivity contribution < 1.29 is 24.3 Å². The third-order valence-electron chi connectivity index (χ3n) is 5.00. The molecule has 1 saturated heterocycles. The van der Waals surface area contributed by atoms with Crippen molar-refractivity contribution in [3.8, 4) is 0 Å². The molecule has 0 aromatic heterocycles. The molecular weight excluding hydrogens is 388 g/mol. The number of nitro benzene ring substituents is 1. The van der Waals surface area contributed by atoms with Gasteiger partial charge in [0.2, 0.25) is 5.91 Å². The predicted octanol–water partition coefficient (Wildman–Crippen LogP) is 2.91. The van der Waals surface area contributed by atoms with Gasteiger partial charge in [-0.05, 0) is 18.4 Å². The first-order valence-corrected chi connectivity index (χ1v) is 9.55. The topological polar surface area (TPSA) is 108 Å². The molecule has 1 amide bonds. The molecule has 30 heavy (non-hydrogen) atoms. The third-order valence-corrected chi connectivity index (χ3v) is 5.00.